The van der Waals surface area contributed by atoms with Crippen LogP contribution in [-0.4, -0.2) is 39.5 Å². The van der Waals surface area contributed by atoms with Gasteiger partial charge in [-0.2, -0.15) is 8.78 Å². The summed E-state index contributed by atoms with van der Waals surface area (Å²) in [7, 11) is 0. The third-order valence-electron chi connectivity index (χ3n) is 3.04. The molecule has 0 bridgehead atoms. The molecule has 0 radical (unpaired) electrons. The monoisotopic (exact) mass is 362 g/mol. The van der Waals surface area contributed by atoms with Gasteiger partial charge in [0.05, 0.1) is 11.0 Å². The van der Waals surface area contributed by atoms with Crippen molar-refractivity contribution in [1.29, 1.82) is 0 Å². The molecule has 0 heterocycles. The highest BCUT2D eigenvalue weighted by Gasteiger charge is 2.26. The average Bonchev–Trinajstić information content (AvgIpc) is 2.42. The van der Waals surface area contributed by atoms with Crippen LogP contribution in [0.3, 0.4) is 0 Å². The van der Waals surface area contributed by atoms with Gasteiger partial charge in [-0.3, -0.25) is 10.1 Å². The minimum Gasteiger partial charge on any atom is -0.444 e. The molecule has 0 saturated carbocycles. The van der Waals surface area contributed by atoms with Crippen molar-refractivity contribution in [3.05, 3.63) is 39.4 Å². The summed E-state index contributed by atoms with van der Waals surface area (Å²) >= 11 is 0. The van der Waals surface area contributed by atoms with Gasteiger partial charge in [-0.25, -0.2) is 4.79 Å². The number of halogens is 2. The number of hydrogen-bond donors (Lipinski definition) is 3. The zero-order valence-electron chi connectivity index (χ0n) is 14.0. The van der Waals surface area contributed by atoms with Gasteiger partial charge in [-0.15, -0.1) is 0 Å². The molecule has 0 aliphatic heterocycles. The number of ether oxygens (including phenoxy) is 1. The first kappa shape index (κ1) is 20.7. The molecular formula is C15H20F2N2O6. The number of aliphatic hydroxyl groups excluding tert-OH is 2. The SMILES string of the molecule is CC(C)(C)OC(=O)NCCC(O)C(O)c1cc(F)c([N+](=O)[O-])c(F)c1. The zero-order chi connectivity index (χ0) is 19.4. The molecule has 0 aliphatic rings. The van der Waals surface area contributed by atoms with Crippen LogP contribution in [0.25, 0.3) is 0 Å². The number of nitrogens with zero attached hydrogens (tertiary/aromatic N) is 1. The molecule has 1 aromatic carbocycles. The van der Waals surface area contributed by atoms with Crippen LogP contribution in [0.4, 0.5) is 19.3 Å². The Morgan fingerprint density at radius 2 is 1.84 bits per heavy atom. The highest BCUT2D eigenvalue weighted by molar-refractivity contribution is 5.67. The fourth-order valence-electron chi connectivity index (χ4n) is 1.95. The predicted octanol–water partition coefficient (Wildman–Crippen LogP) is 2.18. The minimum absolute atomic E-state index is 0.0644. The van der Waals surface area contributed by atoms with Gasteiger partial charge in [0, 0.05) is 6.54 Å². The lowest BCUT2D eigenvalue weighted by molar-refractivity contribution is -0.390. The van der Waals surface area contributed by atoms with Gasteiger partial charge in [0.25, 0.3) is 0 Å². The first-order valence-electron chi connectivity index (χ1n) is 7.38. The second-order valence-electron chi connectivity index (χ2n) is 6.32. The summed E-state index contributed by atoms with van der Waals surface area (Å²) < 4.78 is 32.1. The van der Waals surface area contributed by atoms with E-state index in [4.69, 9.17) is 4.74 Å². The molecule has 2 atom stereocenters. The van der Waals surface area contributed by atoms with Gasteiger partial charge in [-0.1, -0.05) is 0 Å². The number of carbonyl (C=O) groups excluding carboxylic acids is 1. The van der Waals surface area contributed by atoms with E-state index in [0.29, 0.717) is 12.1 Å². The fourth-order valence-corrected chi connectivity index (χ4v) is 1.95. The van der Waals surface area contributed by atoms with Crippen LogP contribution >= 0.6 is 0 Å². The summed E-state index contributed by atoms with van der Waals surface area (Å²) in [5.74, 6) is -2.92. The second-order valence-corrected chi connectivity index (χ2v) is 6.32. The Kier molecular flexibility index (Phi) is 6.77. The molecule has 0 spiro atoms. The first-order valence-corrected chi connectivity index (χ1v) is 7.38. The number of nitro benzene ring substituents is 1. The van der Waals surface area contributed by atoms with Gasteiger partial charge in [0.1, 0.15) is 11.7 Å². The predicted molar refractivity (Wildman–Crippen MR) is 82.8 cm³/mol. The molecule has 1 amide bonds. The molecule has 10 heteroatoms. The van der Waals surface area contributed by atoms with Crippen LogP contribution in [0.5, 0.6) is 0 Å². The zero-order valence-corrected chi connectivity index (χ0v) is 14.0. The van der Waals surface area contributed by atoms with Crippen molar-refractivity contribution in [2.45, 2.75) is 45.0 Å². The van der Waals surface area contributed by atoms with Crippen molar-refractivity contribution in [2.24, 2.45) is 0 Å². The summed E-state index contributed by atoms with van der Waals surface area (Å²) in [5.41, 5.74) is -2.39. The quantitative estimate of drug-likeness (QED) is 0.527. The van der Waals surface area contributed by atoms with Crippen molar-refractivity contribution >= 4 is 11.8 Å². The number of rotatable bonds is 6. The van der Waals surface area contributed by atoms with E-state index < -0.39 is 46.1 Å². The average molecular weight is 362 g/mol. The molecule has 3 N–H and O–H groups in total. The number of nitrogens with one attached hydrogen (secondary N) is 1. The molecule has 1 aromatic rings. The third kappa shape index (κ3) is 6.24. The molecular weight excluding hydrogens is 342 g/mol. The lowest BCUT2D eigenvalue weighted by atomic mass is 10.0. The molecule has 0 aromatic heterocycles. The minimum atomic E-state index is -1.69. The number of amides is 1. The van der Waals surface area contributed by atoms with Crippen molar-refractivity contribution in [2.75, 3.05) is 6.54 Å². The molecule has 0 aliphatic carbocycles. The number of carbonyl (C=O) groups is 1. The van der Waals surface area contributed by atoms with Gasteiger partial charge in [0.2, 0.25) is 11.6 Å². The summed E-state index contributed by atoms with van der Waals surface area (Å²) in [6.45, 7) is 4.94. The van der Waals surface area contributed by atoms with E-state index in [1.807, 2.05) is 0 Å². The molecule has 25 heavy (non-hydrogen) atoms. The molecule has 1 rings (SSSR count). The lowest BCUT2D eigenvalue weighted by Crippen LogP contribution is -2.34. The van der Waals surface area contributed by atoms with E-state index in [1.54, 1.807) is 20.8 Å². The second kappa shape index (κ2) is 8.17. The van der Waals surface area contributed by atoms with Crippen molar-refractivity contribution < 1.29 is 33.4 Å². The number of hydrogen-bond acceptors (Lipinski definition) is 6. The number of nitro groups is 1. The van der Waals surface area contributed by atoms with Crippen LogP contribution in [0.2, 0.25) is 0 Å². The molecule has 140 valence electrons. The normalized spacial score (nSPS) is 13.9. The molecule has 8 nitrogen and oxygen atoms in total. The topological polar surface area (TPSA) is 122 Å². The van der Waals surface area contributed by atoms with E-state index in [0.717, 1.165) is 0 Å². The van der Waals surface area contributed by atoms with Gasteiger partial charge >= 0.3 is 11.8 Å². The summed E-state index contributed by atoms with van der Waals surface area (Å²) in [6, 6.07) is 1.16. The van der Waals surface area contributed by atoms with Crippen LogP contribution < -0.4 is 5.32 Å². The highest BCUT2D eigenvalue weighted by atomic mass is 19.1. The van der Waals surface area contributed by atoms with Crippen LogP contribution in [0.15, 0.2) is 12.1 Å². The third-order valence-corrected chi connectivity index (χ3v) is 3.04. The molecule has 0 saturated heterocycles. The Balaban J connectivity index is 2.66. The van der Waals surface area contributed by atoms with Gasteiger partial charge < -0.3 is 20.3 Å². The number of alkyl carbamates (subject to hydrolysis) is 1. The van der Waals surface area contributed by atoms with Crippen LogP contribution in [0, 0.1) is 21.7 Å². The smallest absolute Gasteiger partial charge is 0.407 e. The van der Waals surface area contributed by atoms with E-state index in [9.17, 15) is 33.9 Å². The van der Waals surface area contributed by atoms with E-state index in [-0.39, 0.29) is 18.5 Å². The summed E-state index contributed by atoms with van der Waals surface area (Å²) in [5, 5.41) is 32.7. The van der Waals surface area contributed by atoms with Gasteiger partial charge in [0.15, 0.2) is 0 Å². The number of aliphatic hydroxyl groups is 2. The summed E-state index contributed by atoms with van der Waals surface area (Å²) in [4.78, 5) is 20.7. The van der Waals surface area contributed by atoms with Crippen LogP contribution in [-0.2, 0) is 4.74 Å². The standard InChI is InChI=1S/C15H20F2N2O6/c1-15(2,3)25-14(22)18-5-4-11(20)13(21)8-6-9(16)12(19(23)24)10(17)7-8/h6-7,11,13,20-21H,4-5H2,1-3H3,(H,18,22). The summed E-state index contributed by atoms with van der Waals surface area (Å²) in [6.07, 6.45) is -4.01. The van der Waals surface area contributed by atoms with E-state index in [2.05, 4.69) is 5.32 Å². The maximum absolute atomic E-state index is 13.6. The molecule has 2 unspecified atom stereocenters. The lowest BCUT2D eigenvalue weighted by Gasteiger charge is -2.21. The maximum Gasteiger partial charge on any atom is 0.407 e. The van der Waals surface area contributed by atoms with Crippen molar-refractivity contribution in [3.8, 4) is 0 Å². The molecule has 0 fully saturated rings. The van der Waals surface area contributed by atoms with E-state index >= 15 is 0 Å². The first-order chi connectivity index (χ1) is 11.4. The number of benzene rings is 1. The Morgan fingerprint density at radius 3 is 2.28 bits per heavy atom. The fraction of sp³-hybridized carbons (Fsp3) is 0.533. The van der Waals surface area contributed by atoms with Crippen molar-refractivity contribution in [3.63, 3.8) is 0 Å². The van der Waals surface area contributed by atoms with Crippen molar-refractivity contribution in [1.82, 2.24) is 5.32 Å². The largest absolute Gasteiger partial charge is 0.444 e. The Hall–Kier alpha value is -2.33. The maximum atomic E-state index is 13.6. The Bertz CT molecular complexity index is 624. The Labute approximate surface area is 142 Å². The van der Waals surface area contributed by atoms with Gasteiger partial charge in [-0.05, 0) is 44.9 Å². The van der Waals surface area contributed by atoms with E-state index in [1.165, 1.54) is 0 Å². The van der Waals surface area contributed by atoms with Crippen LogP contribution in [0.1, 0.15) is 38.9 Å². The Morgan fingerprint density at radius 1 is 1.32 bits per heavy atom. The highest BCUT2D eigenvalue weighted by Crippen LogP contribution is 2.27.